The first-order valence-corrected chi connectivity index (χ1v) is 10.6. The first-order chi connectivity index (χ1) is 14.2. The summed E-state index contributed by atoms with van der Waals surface area (Å²) in [4.78, 5) is 27.7. The number of nitrogens with zero attached hydrogens (tertiary/aromatic N) is 1. The van der Waals surface area contributed by atoms with E-state index in [9.17, 15) is 14.7 Å². The molecule has 3 atom stereocenters. The van der Waals surface area contributed by atoms with Crippen molar-refractivity contribution in [2.24, 2.45) is 0 Å². The Morgan fingerprint density at radius 1 is 1.33 bits per heavy atom. The van der Waals surface area contributed by atoms with E-state index in [4.69, 9.17) is 18.9 Å². The second-order valence-corrected chi connectivity index (χ2v) is 8.93. The maximum Gasteiger partial charge on any atom is 0.411 e. The number of fused-ring (bicyclic) bond motifs is 2. The second kappa shape index (κ2) is 9.08. The Balaban J connectivity index is 2.01. The summed E-state index contributed by atoms with van der Waals surface area (Å²) < 4.78 is 22.9. The van der Waals surface area contributed by atoms with Crippen LogP contribution in [-0.4, -0.2) is 72.3 Å². The number of rotatable bonds is 6. The molecule has 2 heterocycles. The van der Waals surface area contributed by atoms with E-state index in [1.165, 1.54) is 4.90 Å². The highest BCUT2D eigenvalue weighted by Crippen LogP contribution is 2.42. The van der Waals surface area contributed by atoms with Crippen LogP contribution in [0.25, 0.3) is 0 Å². The van der Waals surface area contributed by atoms with E-state index >= 15 is 0 Å². The molecule has 30 heavy (non-hydrogen) atoms. The van der Waals surface area contributed by atoms with E-state index in [1.54, 1.807) is 27.7 Å². The molecule has 1 N–H and O–H groups in total. The number of carbonyl (C=O) groups excluding carboxylic acids is 2. The molecular weight excluding hydrogens is 390 g/mol. The van der Waals surface area contributed by atoms with Crippen LogP contribution >= 0.6 is 0 Å². The predicted molar refractivity (Wildman–Crippen MR) is 109 cm³/mol. The minimum Gasteiger partial charge on any atom is -0.468 e. The third-order valence-electron chi connectivity index (χ3n) is 5.56. The molecule has 8 heteroatoms. The molecule has 1 fully saturated rings. The van der Waals surface area contributed by atoms with Gasteiger partial charge in [0, 0.05) is 17.8 Å². The van der Waals surface area contributed by atoms with E-state index in [-0.39, 0.29) is 32.2 Å². The normalized spacial score (nSPS) is 26.5. The second-order valence-electron chi connectivity index (χ2n) is 8.93. The van der Waals surface area contributed by atoms with Crippen LogP contribution in [0.2, 0.25) is 0 Å². The summed E-state index contributed by atoms with van der Waals surface area (Å²) in [5.74, 6) is 0.381. The average Bonchev–Trinajstić information content (AvgIpc) is 3.16. The summed E-state index contributed by atoms with van der Waals surface area (Å²) in [7, 11) is 0. The number of amides is 1. The molecule has 0 aromatic rings. The Morgan fingerprint density at radius 3 is 2.70 bits per heavy atom. The molecule has 0 radical (unpaired) electrons. The molecule has 0 saturated carbocycles. The van der Waals surface area contributed by atoms with Gasteiger partial charge in [-0.25, -0.2) is 4.79 Å². The van der Waals surface area contributed by atoms with Gasteiger partial charge in [0.2, 0.25) is 0 Å². The lowest BCUT2D eigenvalue weighted by Gasteiger charge is -2.45. The molecule has 0 aromatic carbocycles. The van der Waals surface area contributed by atoms with Crippen LogP contribution in [0.15, 0.2) is 22.5 Å². The van der Waals surface area contributed by atoms with Crippen molar-refractivity contribution in [3.63, 3.8) is 0 Å². The minimum absolute atomic E-state index is 0.0562. The molecule has 3 aliphatic rings. The van der Waals surface area contributed by atoms with Crippen molar-refractivity contribution in [1.82, 2.24) is 4.90 Å². The van der Waals surface area contributed by atoms with Gasteiger partial charge in [-0.1, -0.05) is 13.3 Å². The van der Waals surface area contributed by atoms with Crippen molar-refractivity contribution >= 4 is 11.9 Å². The van der Waals surface area contributed by atoms with Crippen molar-refractivity contribution in [1.29, 1.82) is 0 Å². The van der Waals surface area contributed by atoms with Gasteiger partial charge in [-0.15, -0.1) is 0 Å². The molecule has 0 aromatic heterocycles. The van der Waals surface area contributed by atoms with Gasteiger partial charge in [-0.2, -0.15) is 0 Å². The number of ether oxygens (including phenoxy) is 4. The molecule has 0 spiro atoms. The van der Waals surface area contributed by atoms with Crippen molar-refractivity contribution in [3.8, 4) is 0 Å². The summed E-state index contributed by atoms with van der Waals surface area (Å²) >= 11 is 0. The Kier molecular flexibility index (Phi) is 6.89. The summed E-state index contributed by atoms with van der Waals surface area (Å²) in [5.41, 5.74) is 1.08. The van der Waals surface area contributed by atoms with Gasteiger partial charge in [-0.3, -0.25) is 9.69 Å². The van der Waals surface area contributed by atoms with E-state index in [0.717, 1.165) is 12.8 Å². The standard InChI is InChI=1S/C22H33NO7/c1-6-7-8-27-11-16-17-15(18(25)13(2)19-20(17)29-12-28-19)9-14(10-24)23(16)21(26)30-22(3,4)5/h14,16,20,24H,6-12H2,1-5H3/t14-,16-,20?/m0/s1. The van der Waals surface area contributed by atoms with E-state index in [2.05, 4.69) is 6.92 Å². The van der Waals surface area contributed by atoms with Gasteiger partial charge < -0.3 is 24.1 Å². The fourth-order valence-electron chi connectivity index (χ4n) is 4.16. The van der Waals surface area contributed by atoms with E-state index in [0.29, 0.717) is 29.1 Å². The third kappa shape index (κ3) is 4.40. The number of unbranched alkanes of at least 4 members (excludes halogenated alkanes) is 1. The zero-order valence-corrected chi connectivity index (χ0v) is 18.5. The van der Waals surface area contributed by atoms with Gasteiger partial charge >= 0.3 is 6.09 Å². The van der Waals surface area contributed by atoms with Gasteiger partial charge in [0.25, 0.3) is 0 Å². The lowest BCUT2D eigenvalue weighted by molar-refractivity contribution is -0.113. The molecule has 0 bridgehead atoms. The Bertz CT molecular complexity index is 749. The Hall–Kier alpha value is -1.90. The van der Waals surface area contributed by atoms with Gasteiger partial charge in [-0.05, 0) is 46.1 Å². The molecular formula is C22H33NO7. The summed E-state index contributed by atoms with van der Waals surface area (Å²) in [6.45, 7) is 9.68. The van der Waals surface area contributed by atoms with Crippen molar-refractivity contribution in [2.45, 2.75) is 77.7 Å². The topological polar surface area (TPSA) is 94.5 Å². The van der Waals surface area contributed by atoms with E-state index < -0.39 is 29.9 Å². The average molecular weight is 424 g/mol. The Morgan fingerprint density at radius 2 is 2.07 bits per heavy atom. The number of Topliss-reactive ketones (excluding diaryl/α,β-unsaturated/α-hetero) is 1. The Labute approximate surface area is 177 Å². The third-order valence-corrected chi connectivity index (χ3v) is 5.56. The number of aliphatic hydroxyl groups is 1. The van der Waals surface area contributed by atoms with Crippen molar-refractivity contribution < 1.29 is 33.6 Å². The molecule has 1 saturated heterocycles. The molecule has 168 valence electrons. The van der Waals surface area contributed by atoms with Crippen LogP contribution in [0.3, 0.4) is 0 Å². The van der Waals surface area contributed by atoms with Crippen LogP contribution in [0.5, 0.6) is 0 Å². The fraction of sp³-hybridized carbons (Fsp3) is 0.727. The highest BCUT2D eigenvalue weighted by Gasteiger charge is 2.50. The summed E-state index contributed by atoms with van der Waals surface area (Å²) in [6, 6.07) is -1.17. The largest absolute Gasteiger partial charge is 0.468 e. The lowest BCUT2D eigenvalue weighted by atomic mass is 9.77. The maximum absolute atomic E-state index is 13.1. The molecule has 3 rings (SSSR count). The summed E-state index contributed by atoms with van der Waals surface area (Å²) in [5, 5.41) is 10.1. The van der Waals surface area contributed by atoms with Crippen molar-refractivity contribution in [2.75, 3.05) is 26.6 Å². The lowest BCUT2D eigenvalue weighted by Crippen LogP contribution is -2.58. The number of aliphatic hydroxyl groups excluding tert-OH is 1. The molecule has 2 aliphatic heterocycles. The zero-order valence-electron chi connectivity index (χ0n) is 18.5. The highest BCUT2D eigenvalue weighted by atomic mass is 16.7. The van der Waals surface area contributed by atoms with Gasteiger partial charge in [0.15, 0.2) is 12.6 Å². The van der Waals surface area contributed by atoms with Gasteiger partial charge in [0.05, 0.1) is 25.3 Å². The quantitative estimate of drug-likeness (QED) is 0.657. The van der Waals surface area contributed by atoms with Crippen LogP contribution in [0.1, 0.15) is 53.9 Å². The first-order valence-electron chi connectivity index (χ1n) is 10.6. The maximum atomic E-state index is 13.1. The number of carbonyl (C=O) groups is 2. The summed E-state index contributed by atoms with van der Waals surface area (Å²) in [6.07, 6.45) is 1.04. The molecule has 1 amide bonds. The number of hydrogen-bond donors (Lipinski definition) is 1. The fourth-order valence-corrected chi connectivity index (χ4v) is 4.16. The highest BCUT2D eigenvalue weighted by molar-refractivity contribution is 6.10. The molecule has 8 nitrogen and oxygen atoms in total. The molecule has 1 aliphatic carbocycles. The molecule has 1 unspecified atom stereocenters. The van der Waals surface area contributed by atoms with E-state index in [1.807, 2.05) is 0 Å². The number of allylic oxidation sites excluding steroid dienone is 1. The predicted octanol–water partition coefficient (Wildman–Crippen LogP) is 2.70. The SMILES string of the molecule is CCCCOC[C@H]1C2=C(C[C@@H](CO)N1C(=O)OC(C)(C)C)C(=O)C(C)=C1OCOC12. The number of hydrogen-bond acceptors (Lipinski definition) is 7. The monoisotopic (exact) mass is 423 g/mol. The van der Waals surface area contributed by atoms with Crippen LogP contribution in [-0.2, 0) is 23.7 Å². The van der Waals surface area contributed by atoms with Crippen LogP contribution in [0, 0.1) is 0 Å². The smallest absolute Gasteiger partial charge is 0.411 e. The minimum atomic E-state index is -0.698. The first kappa shape index (κ1) is 22.8. The van der Waals surface area contributed by atoms with Gasteiger partial charge in [0.1, 0.15) is 17.5 Å². The van der Waals surface area contributed by atoms with Crippen LogP contribution in [0.4, 0.5) is 4.79 Å². The van der Waals surface area contributed by atoms with Crippen LogP contribution < -0.4 is 0 Å². The zero-order chi connectivity index (χ0) is 22.1. The van der Waals surface area contributed by atoms with Crippen molar-refractivity contribution in [3.05, 3.63) is 22.5 Å². The number of ketones is 1.